The Hall–Kier alpha value is -3.65. The Morgan fingerprint density at radius 2 is 1.94 bits per heavy atom. The smallest absolute Gasteiger partial charge is 0.332 e. The second kappa shape index (κ2) is 7.99. The number of aromatic amines is 1. The first-order valence-electron chi connectivity index (χ1n) is 11.8. The van der Waals surface area contributed by atoms with E-state index in [9.17, 15) is 14.4 Å². The van der Waals surface area contributed by atoms with Crippen LogP contribution < -0.4 is 10.2 Å². The highest BCUT2D eigenvalue weighted by Gasteiger charge is 2.52. The summed E-state index contributed by atoms with van der Waals surface area (Å²) in [6, 6.07) is 13.5. The van der Waals surface area contributed by atoms with Crippen molar-refractivity contribution in [3.8, 4) is 0 Å². The number of hydrogen-bond acceptors (Lipinski definition) is 4. The van der Waals surface area contributed by atoms with Gasteiger partial charge >= 0.3 is 6.03 Å². The minimum Gasteiger partial charge on any atom is -0.376 e. The number of nitrogens with one attached hydrogen (secondary N) is 2. The Kier molecular flexibility index (Phi) is 4.91. The van der Waals surface area contributed by atoms with Crippen LogP contribution >= 0.6 is 0 Å². The summed E-state index contributed by atoms with van der Waals surface area (Å²) < 4.78 is 5.59. The largest absolute Gasteiger partial charge is 0.376 e. The van der Waals surface area contributed by atoms with Gasteiger partial charge in [0.25, 0.3) is 11.8 Å². The number of imide groups is 1. The number of H-pyrrole nitrogens is 1. The lowest BCUT2D eigenvalue weighted by Gasteiger charge is -2.33. The molecule has 2 fully saturated rings. The summed E-state index contributed by atoms with van der Waals surface area (Å²) in [5, 5.41) is 3.98. The molecule has 2 aromatic carbocycles. The zero-order valence-corrected chi connectivity index (χ0v) is 18.9. The van der Waals surface area contributed by atoms with E-state index in [1.807, 2.05) is 31.2 Å². The molecule has 8 nitrogen and oxygen atoms in total. The second-order valence-corrected chi connectivity index (χ2v) is 9.18. The average Bonchev–Trinajstić information content (AvgIpc) is 3.56. The van der Waals surface area contributed by atoms with Gasteiger partial charge in [-0.1, -0.05) is 30.3 Å². The molecule has 34 heavy (non-hydrogen) atoms. The molecule has 0 saturated carbocycles. The Morgan fingerprint density at radius 3 is 2.76 bits per heavy atom. The number of anilines is 1. The van der Waals surface area contributed by atoms with Crippen molar-refractivity contribution in [3.05, 3.63) is 65.4 Å². The molecule has 8 heteroatoms. The maximum Gasteiger partial charge on any atom is 0.332 e. The fourth-order valence-electron chi connectivity index (χ4n) is 5.55. The lowest BCUT2D eigenvalue weighted by molar-refractivity contribution is -0.120. The minimum atomic E-state index is -0.600. The zero-order valence-electron chi connectivity index (χ0n) is 18.9. The summed E-state index contributed by atoms with van der Waals surface area (Å²) in [5.41, 5.74) is 3.67. The molecule has 3 aliphatic heterocycles. The van der Waals surface area contributed by atoms with E-state index < -0.39 is 12.1 Å². The number of ether oxygens (including phenoxy) is 1. The van der Waals surface area contributed by atoms with Crippen molar-refractivity contribution < 1.29 is 19.1 Å². The van der Waals surface area contributed by atoms with E-state index in [4.69, 9.17) is 4.74 Å². The predicted molar refractivity (Wildman–Crippen MR) is 127 cm³/mol. The van der Waals surface area contributed by atoms with Crippen molar-refractivity contribution in [1.29, 1.82) is 0 Å². The standard InChI is InChI=1S/C26H26N4O4/c1-15-23-19(17-8-2-4-10-20(17)28-23)13-22-25(32)30(26(33)29(15)22)21-11-5-3-9-18(21)24(31)27-14-16-7-6-12-34-16/h2-5,8-11,15-16,22,28H,6-7,12-14H2,1H3,(H,27,31)/t15-,16-,22-/m0/s1. The van der Waals surface area contributed by atoms with Crippen LogP contribution in [0.15, 0.2) is 48.5 Å². The van der Waals surface area contributed by atoms with E-state index in [0.717, 1.165) is 35.0 Å². The van der Waals surface area contributed by atoms with Gasteiger partial charge in [-0.15, -0.1) is 0 Å². The molecule has 1 aromatic heterocycles. The monoisotopic (exact) mass is 458 g/mol. The van der Waals surface area contributed by atoms with Crippen molar-refractivity contribution in [2.24, 2.45) is 0 Å². The van der Waals surface area contributed by atoms with E-state index in [0.29, 0.717) is 30.8 Å². The van der Waals surface area contributed by atoms with Crippen LogP contribution in [-0.4, -0.2) is 53.0 Å². The second-order valence-electron chi connectivity index (χ2n) is 9.18. The molecule has 174 valence electrons. The molecule has 4 amide bonds. The van der Waals surface area contributed by atoms with Crippen LogP contribution in [0.4, 0.5) is 10.5 Å². The third kappa shape index (κ3) is 3.13. The van der Waals surface area contributed by atoms with Crippen LogP contribution in [0, 0.1) is 0 Å². The first-order chi connectivity index (χ1) is 16.5. The molecule has 6 rings (SSSR count). The van der Waals surface area contributed by atoms with Gasteiger partial charge in [-0.2, -0.15) is 0 Å². The maximum atomic E-state index is 13.6. The van der Waals surface area contributed by atoms with Crippen molar-refractivity contribution in [1.82, 2.24) is 15.2 Å². The molecular weight excluding hydrogens is 432 g/mol. The number of carbonyl (C=O) groups excluding carboxylic acids is 3. The molecule has 3 atom stereocenters. The summed E-state index contributed by atoms with van der Waals surface area (Å²) in [6.45, 7) is 3.05. The van der Waals surface area contributed by atoms with Crippen LogP contribution in [0.5, 0.6) is 0 Å². The molecule has 2 N–H and O–H groups in total. The molecule has 4 heterocycles. The zero-order chi connectivity index (χ0) is 23.4. The van der Waals surface area contributed by atoms with Gasteiger partial charge in [-0.25, -0.2) is 9.69 Å². The molecule has 3 aliphatic rings. The van der Waals surface area contributed by atoms with E-state index in [1.165, 1.54) is 4.90 Å². The quantitative estimate of drug-likeness (QED) is 0.585. The molecular formula is C26H26N4O4. The van der Waals surface area contributed by atoms with Gasteiger partial charge < -0.3 is 19.9 Å². The van der Waals surface area contributed by atoms with Crippen LogP contribution in [-0.2, 0) is 16.0 Å². The average molecular weight is 459 g/mol. The normalized spacial score (nSPS) is 24.0. The van der Waals surface area contributed by atoms with Gasteiger partial charge in [0.05, 0.1) is 23.4 Å². The van der Waals surface area contributed by atoms with Gasteiger partial charge in [0, 0.05) is 36.2 Å². The van der Waals surface area contributed by atoms with Crippen LogP contribution in [0.2, 0.25) is 0 Å². The topological polar surface area (TPSA) is 94.7 Å². The number of rotatable bonds is 4. The first kappa shape index (κ1) is 20.9. The highest BCUT2D eigenvalue weighted by molar-refractivity contribution is 6.24. The van der Waals surface area contributed by atoms with Gasteiger partial charge in [0.2, 0.25) is 0 Å². The Labute approximate surface area is 196 Å². The Bertz CT molecular complexity index is 1310. The van der Waals surface area contributed by atoms with Crippen molar-refractivity contribution >= 4 is 34.4 Å². The third-order valence-electron chi connectivity index (χ3n) is 7.24. The summed E-state index contributed by atoms with van der Waals surface area (Å²) >= 11 is 0. The molecule has 0 bridgehead atoms. The predicted octanol–water partition coefficient (Wildman–Crippen LogP) is 3.53. The fraction of sp³-hybridized carbons (Fsp3) is 0.346. The van der Waals surface area contributed by atoms with Crippen LogP contribution in [0.3, 0.4) is 0 Å². The van der Waals surface area contributed by atoms with Gasteiger partial charge in [-0.05, 0) is 43.5 Å². The number of amides is 4. The number of nitrogens with zero attached hydrogens (tertiary/aromatic N) is 2. The Morgan fingerprint density at radius 1 is 1.15 bits per heavy atom. The van der Waals surface area contributed by atoms with Gasteiger partial charge in [0.1, 0.15) is 6.04 Å². The first-order valence-corrected chi connectivity index (χ1v) is 11.8. The van der Waals surface area contributed by atoms with Gasteiger partial charge in [0.15, 0.2) is 0 Å². The summed E-state index contributed by atoms with van der Waals surface area (Å²) in [7, 11) is 0. The molecule has 2 saturated heterocycles. The number of carbonyl (C=O) groups is 3. The molecule has 0 aliphatic carbocycles. The van der Waals surface area contributed by atoms with Crippen molar-refractivity contribution in [2.45, 2.75) is 44.4 Å². The molecule has 3 aromatic rings. The van der Waals surface area contributed by atoms with Crippen LogP contribution in [0.1, 0.15) is 47.4 Å². The number of aromatic nitrogens is 1. The molecule has 0 unspecified atom stereocenters. The summed E-state index contributed by atoms with van der Waals surface area (Å²) in [6.07, 6.45) is 2.34. The number of hydrogen-bond donors (Lipinski definition) is 2. The molecule has 0 spiro atoms. The highest BCUT2D eigenvalue weighted by Crippen LogP contribution is 2.42. The maximum absolute atomic E-state index is 13.6. The summed E-state index contributed by atoms with van der Waals surface area (Å²) in [4.78, 5) is 46.5. The van der Waals surface area contributed by atoms with E-state index in [2.05, 4.69) is 10.3 Å². The van der Waals surface area contributed by atoms with E-state index in [-0.39, 0.29) is 24.0 Å². The number of fused-ring (bicyclic) bond motifs is 4. The number of urea groups is 1. The molecule has 0 radical (unpaired) electrons. The number of para-hydroxylation sites is 2. The van der Waals surface area contributed by atoms with Crippen molar-refractivity contribution in [2.75, 3.05) is 18.1 Å². The van der Waals surface area contributed by atoms with E-state index >= 15 is 0 Å². The van der Waals surface area contributed by atoms with Gasteiger partial charge in [-0.3, -0.25) is 9.59 Å². The summed E-state index contributed by atoms with van der Waals surface area (Å²) in [5.74, 6) is -0.618. The number of benzene rings is 2. The third-order valence-corrected chi connectivity index (χ3v) is 7.24. The fourth-order valence-corrected chi connectivity index (χ4v) is 5.55. The van der Waals surface area contributed by atoms with Crippen LogP contribution in [0.25, 0.3) is 10.9 Å². The van der Waals surface area contributed by atoms with E-state index in [1.54, 1.807) is 29.2 Å². The lowest BCUT2D eigenvalue weighted by atomic mass is 9.93. The lowest BCUT2D eigenvalue weighted by Crippen LogP contribution is -2.42. The minimum absolute atomic E-state index is 0.00447. The highest BCUT2D eigenvalue weighted by atomic mass is 16.5. The SMILES string of the molecule is C[C@H]1c2[nH]c3ccccc3c2C[C@H]2C(=O)N(c3ccccc3C(=O)NC[C@@H]3CCCO3)C(=O)N21. The van der Waals surface area contributed by atoms with Crippen molar-refractivity contribution in [3.63, 3.8) is 0 Å². The Balaban J connectivity index is 1.31.